The highest BCUT2D eigenvalue weighted by atomic mass is 14.9. The van der Waals surface area contributed by atoms with Crippen molar-refractivity contribution in [3.05, 3.63) is 59.8 Å². The minimum absolute atomic E-state index is 0.761. The topological polar surface area (TPSA) is 53.8 Å². The maximum atomic E-state index is 6.00. The summed E-state index contributed by atoms with van der Waals surface area (Å²) in [6.45, 7) is 2.80. The van der Waals surface area contributed by atoms with Crippen LogP contribution >= 0.6 is 0 Å². The Balaban J connectivity index is 1.82. The number of para-hydroxylation sites is 1. The Kier molecular flexibility index (Phi) is 2.88. The van der Waals surface area contributed by atoms with Gasteiger partial charge >= 0.3 is 0 Å². The highest BCUT2D eigenvalue weighted by molar-refractivity contribution is 5.83. The molecule has 0 saturated carbocycles. The fraction of sp³-hybridized carbons (Fsp3) is 0.125. The van der Waals surface area contributed by atoms with Crippen LogP contribution in [0, 0.1) is 6.92 Å². The molecule has 0 aliphatic carbocycles. The molecule has 3 nitrogen and oxygen atoms in total. The van der Waals surface area contributed by atoms with Crippen molar-refractivity contribution in [3.8, 4) is 0 Å². The van der Waals surface area contributed by atoms with E-state index in [-0.39, 0.29) is 0 Å². The number of aromatic amines is 1. The first-order chi connectivity index (χ1) is 9.24. The van der Waals surface area contributed by atoms with Crippen LogP contribution in [0.5, 0.6) is 0 Å². The lowest BCUT2D eigenvalue weighted by molar-refractivity contribution is 1.16. The monoisotopic (exact) mass is 251 g/mol. The second-order valence-electron chi connectivity index (χ2n) is 4.80. The van der Waals surface area contributed by atoms with Crippen LogP contribution in [0.25, 0.3) is 10.9 Å². The van der Waals surface area contributed by atoms with Gasteiger partial charge in [0.25, 0.3) is 0 Å². The molecule has 0 bridgehead atoms. The molecule has 19 heavy (non-hydrogen) atoms. The molecule has 2 aromatic carbocycles. The smallest absolute Gasteiger partial charge is 0.0576 e. The minimum Gasteiger partial charge on any atom is -0.397 e. The summed E-state index contributed by atoms with van der Waals surface area (Å²) < 4.78 is 0. The Labute approximate surface area is 112 Å². The number of hydrogen-bond acceptors (Lipinski definition) is 2. The van der Waals surface area contributed by atoms with Crippen LogP contribution in [0.15, 0.2) is 48.7 Å². The Hall–Kier alpha value is -2.42. The van der Waals surface area contributed by atoms with Crippen LogP contribution in [0.4, 0.5) is 11.4 Å². The minimum atomic E-state index is 0.761. The zero-order valence-electron chi connectivity index (χ0n) is 10.9. The molecular weight excluding hydrogens is 234 g/mol. The highest BCUT2D eigenvalue weighted by Crippen LogP contribution is 2.22. The fourth-order valence-electron chi connectivity index (χ4n) is 2.31. The zero-order valence-corrected chi connectivity index (χ0v) is 10.9. The number of nitrogens with one attached hydrogen (secondary N) is 2. The van der Waals surface area contributed by atoms with E-state index >= 15 is 0 Å². The molecule has 3 aromatic rings. The molecule has 0 amide bonds. The van der Waals surface area contributed by atoms with Gasteiger partial charge in [-0.15, -0.1) is 0 Å². The van der Waals surface area contributed by atoms with Gasteiger partial charge in [-0.25, -0.2) is 0 Å². The SMILES string of the molecule is Cc1ccc(NCc2c[nH]c3ccccc23)c(N)c1. The summed E-state index contributed by atoms with van der Waals surface area (Å²) in [6, 6.07) is 14.4. The summed E-state index contributed by atoms with van der Waals surface area (Å²) in [5, 5.41) is 4.64. The van der Waals surface area contributed by atoms with Gasteiger partial charge in [-0.3, -0.25) is 0 Å². The quantitative estimate of drug-likeness (QED) is 0.622. The average molecular weight is 251 g/mol. The van der Waals surface area contributed by atoms with Crippen LogP contribution in [-0.2, 0) is 6.54 Å². The highest BCUT2D eigenvalue weighted by Gasteiger charge is 2.04. The number of nitrogens with two attached hydrogens (primary N) is 1. The third kappa shape index (κ3) is 2.27. The predicted molar refractivity (Wildman–Crippen MR) is 81.2 cm³/mol. The van der Waals surface area contributed by atoms with Crippen molar-refractivity contribution < 1.29 is 0 Å². The van der Waals surface area contributed by atoms with Crippen molar-refractivity contribution in [2.75, 3.05) is 11.1 Å². The van der Waals surface area contributed by atoms with E-state index in [1.807, 2.05) is 31.3 Å². The van der Waals surface area contributed by atoms with Crippen molar-refractivity contribution in [1.82, 2.24) is 4.98 Å². The molecule has 0 aliphatic heterocycles. The molecule has 3 heteroatoms. The summed E-state index contributed by atoms with van der Waals surface area (Å²) >= 11 is 0. The normalized spacial score (nSPS) is 10.8. The van der Waals surface area contributed by atoms with Gasteiger partial charge in [0, 0.05) is 23.6 Å². The van der Waals surface area contributed by atoms with E-state index in [1.54, 1.807) is 0 Å². The van der Waals surface area contributed by atoms with Crippen LogP contribution in [-0.4, -0.2) is 4.98 Å². The third-order valence-corrected chi connectivity index (χ3v) is 3.35. The summed E-state index contributed by atoms with van der Waals surface area (Å²) in [6.07, 6.45) is 2.04. The first kappa shape index (κ1) is 11.7. The Bertz CT molecular complexity index is 713. The Morgan fingerprint density at radius 1 is 1.16 bits per heavy atom. The van der Waals surface area contributed by atoms with Crippen molar-refractivity contribution in [3.63, 3.8) is 0 Å². The lowest BCUT2D eigenvalue weighted by atomic mass is 10.1. The lowest BCUT2D eigenvalue weighted by Gasteiger charge is -2.09. The van der Waals surface area contributed by atoms with E-state index < -0.39 is 0 Å². The van der Waals surface area contributed by atoms with E-state index in [0.717, 1.165) is 23.4 Å². The Morgan fingerprint density at radius 2 is 2.00 bits per heavy atom. The molecule has 1 aromatic heterocycles. The first-order valence-electron chi connectivity index (χ1n) is 6.39. The molecule has 3 rings (SSSR count). The van der Waals surface area contributed by atoms with Gasteiger partial charge < -0.3 is 16.0 Å². The summed E-state index contributed by atoms with van der Waals surface area (Å²) in [7, 11) is 0. The second kappa shape index (κ2) is 4.69. The van der Waals surface area contributed by atoms with E-state index in [1.165, 1.54) is 16.5 Å². The molecule has 0 radical (unpaired) electrons. The van der Waals surface area contributed by atoms with Crippen LogP contribution in [0.1, 0.15) is 11.1 Å². The van der Waals surface area contributed by atoms with Crippen molar-refractivity contribution in [2.24, 2.45) is 0 Å². The largest absolute Gasteiger partial charge is 0.397 e. The number of benzene rings is 2. The molecule has 0 atom stereocenters. The van der Waals surface area contributed by atoms with Crippen molar-refractivity contribution >= 4 is 22.3 Å². The van der Waals surface area contributed by atoms with E-state index in [2.05, 4.69) is 34.6 Å². The van der Waals surface area contributed by atoms with Gasteiger partial charge in [0.2, 0.25) is 0 Å². The number of aryl methyl sites for hydroxylation is 1. The number of fused-ring (bicyclic) bond motifs is 1. The lowest BCUT2D eigenvalue weighted by Crippen LogP contribution is -2.02. The molecular formula is C16H17N3. The zero-order chi connectivity index (χ0) is 13.2. The fourth-order valence-corrected chi connectivity index (χ4v) is 2.31. The van der Waals surface area contributed by atoms with E-state index in [0.29, 0.717) is 0 Å². The number of aromatic nitrogens is 1. The summed E-state index contributed by atoms with van der Waals surface area (Å²) in [4.78, 5) is 3.28. The second-order valence-corrected chi connectivity index (χ2v) is 4.80. The standard InChI is InChI=1S/C16H17N3/c1-11-6-7-16(14(17)8-11)19-10-12-9-18-15-5-3-2-4-13(12)15/h2-9,18-19H,10,17H2,1H3. The molecule has 1 heterocycles. The van der Waals surface area contributed by atoms with Gasteiger partial charge in [-0.05, 0) is 36.2 Å². The molecule has 0 spiro atoms. The van der Waals surface area contributed by atoms with Gasteiger partial charge in [-0.2, -0.15) is 0 Å². The first-order valence-corrected chi connectivity index (χ1v) is 6.39. The summed E-state index contributed by atoms with van der Waals surface area (Å²) in [5.74, 6) is 0. The van der Waals surface area contributed by atoms with Gasteiger partial charge in [0.15, 0.2) is 0 Å². The van der Waals surface area contributed by atoms with Crippen molar-refractivity contribution in [1.29, 1.82) is 0 Å². The average Bonchev–Trinajstić information content (AvgIpc) is 2.81. The molecule has 0 aliphatic rings. The van der Waals surface area contributed by atoms with Crippen LogP contribution in [0.3, 0.4) is 0 Å². The van der Waals surface area contributed by atoms with E-state index in [9.17, 15) is 0 Å². The van der Waals surface area contributed by atoms with Crippen LogP contribution < -0.4 is 11.1 Å². The maximum Gasteiger partial charge on any atom is 0.0576 e. The number of H-pyrrole nitrogens is 1. The Morgan fingerprint density at radius 3 is 2.84 bits per heavy atom. The molecule has 0 unspecified atom stereocenters. The van der Waals surface area contributed by atoms with Gasteiger partial charge in [0.05, 0.1) is 11.4 Å². The van der Waals surface area contributed by atoms with E-state index in [4.69, 9.17) is 5.73 Å². The van der Waals surface area contributed by atoms with Gasteiger partial charge in [-0.1, -0.05) is 24.3 Å². The van der Waals surface area contributed by atoms with Crippen molar-refractivity contribution in [2.45, 2.75) is 13.5 Å². The summed E-state index contributed by atoms with van der Waals surface area (Å²) in [5.41, 5.74) is 11.4. The third-order valence-electron chi connectivity index (χ3n) is 3.35. The number of rotatable bonds is 3. The number of anilines is 2. The molecule has 0 fully saturated rings. The number of hydrogen-bond donors (Lipinski definition) is 3. The number of nitrogen functional groups attached to an aromatic ring is 1. The predicted octanol–water partition coefficient (Wildman–Crippen LogP) is 3.67. The maximum absolute atomic E-state index is 6.00. The van der Waals surface area contributed by atoms with Crippen LogP contribution in [0.2, 0.25) is 0 Å². The van der Waals surface area contributed by atoms with Gasteiger partial charge in [0.1, 0.15) is 0 Å². The molecule has 4 N–H and O–H groups in total. The molecule has 96 valence electrons. The molecule has 0 saturated heterocycles.